The molecule has 2 N–H and O–H groups in total. The minimum Gasteiger partial charge on any atom is -0.389 e. The minimum absolute atomic E-state index is 0.422. The van der Waals surface area contributed by atoms with Crippen molar-refractivity contribution in [1.29, 1.82) is 0 Å². The fraction of sp³-hybridized carbons (Fsp3) is 1.00. The Balaban J connectivity index is 1.75. The molecule has 2 heteroatoms. The molecule has 112 valence electrons. The van der Waals surface area contributed by atoms with E-state index in [1.54, 1.807) is 0 Å². The summed E-state index contributed by atoms with van der Waals surface area (Å²) in [7, 11) is 0. The summed E-state index contributed by atoms with van der Waals surface area (Å²) in [6.45, 7) is 5.42. The Labute approximate surface area is 119 Å². The van der Waals surface area contributed by atoms with E-state index in [4.69, 9.17) is 0 Å². The average molecular weight is 267 g/mol. The Bertz CT molecular complexity index is 268. The third-order valence-electron chi connectivity index (χ3n) is 5.45. The van der Waals surface area contributed by atoms with E-state index in [1.807, 2.05) is 0 Å². The highest BCUT2D eigenvalue weighted by Gasteiger charge is 2.33. The van der Waals surface area contributed by atoms with Crippen molar-refractivity contribution in [2.45, 2.75) is 89.7 Å². The van der Waals surface area contributed by atoms with Crippen LogP contribution in [0.15, 0.2) is 0 Å². The maximum absolute atomic E-state index is 10.7. The topological polar surface area (TPSA) is 32.3 Å². The molecule has 0 aromatic carbocycles. The fourth-order valence-corrected chi connectivity index (χ4v) is 4.12. The van der Waals surface area contributed by atoms with Crippen molar-refractivity contribution in [1.82, 2.24) is 5.32 Å². The Kier molecular flexibility index (Phi) is 5.70. The van der Waals surface area contributed by atoms with Crippen molar-refractivity contribution in [2.24, 2.45) is 11.8 Å². The lowest BCUT2D eigenvalue weighted by atomic mass is 9.79. The average Bonchev–Trinajstić information content (AvgIpc) is 2.61. The van der Waals surface area contributed by atoms with Gasteiger partial charge in [-0.3, -0.25) is 0 Å². The van der Waals surface area contributed by atoms with Gasteiger partial charge in [-0.1, -0.05) is 46.0 Å². The summed E-state index contributed by atoms with van der Waals surface area (Å²) < 4.78 is 0. The Morgan fingerprint density at radius 1 is 1.11 bits per heavy atom. The summed E-state index contributed by atoms with van der Waals surface area (Å²) in [6, 6.07) is 0.651. The van der Waals surface area contributed by atoms with Crippen molar-refractivity contribution >= 4 is 0 Å². The summed E-state index contributed by atoms with van der Waals surface area (Å²) in [5, 5.41) is 14.4. The molecule has 0 radical (unpaired) electrons. The maximum Gasteiger partial charge on any atom is 0.0774 e. The van der Waals surface area contributed by atoms with Crippen molar-refractivity contribution in [2.75, 3.05) is 6.54 Å². The van der Waals surface area contributed by atoms with Crippen molar-refractivity contribution in [3.05, 3.63) is 0 Å². The van der Waals surface area contributed by atoms with E-state index in [0.29, 0.717) is 12.0 Å². The van der Waals surface area contributed by atoms with Gasteiger partial charge in [0.25, 0.3) is 0 Å². The quantitative estimate of drug-likeness (QED) is 0.758. The maximum atomic E-state index is 10.7. The summed E-state index contributed by atoms with van der Waals surface area (Å²) in [6.07, 6.45) is 12.6. The van der Waals surface area contributed by atoms with Crippen LogP contribution in [0.25, 0.3) is 0 Å². The van der Waals surface area contributed by atoms with Gasteiger partial charge in [0.1, 0.15) is 0 Å². The van der Waals surface area contributed by atoms with Gasteiger partial charge >= 0.3 is 0 Å². The normalized spacial score (nSPS) is 40.9. The first-order chi connectivity index (χ1) is 9.11. The van der Waals surface area contributed by atoms with Gasteiger partial charge in [0, 0.05) is 12.6 Å². The van der Waals surface area contributed by atoms with Crippen LogP contribution in [0.4, 0.5) is 0 Å². The molecular weight excluding hydrogens is 234 g/mol. The van der Waals surface area contributed by atoms with Gasteiger partial charge in [-0.05, 0) is 43.9 Å². The molecule has 0 bridgehead atoms. The molecular formula is C17H33NO. The lowest BCUT2D eigenvalue weighted by molar-refractivity contribution is -0.0140. The SMILES string of the molecule is CCC1CCCC(NCC2(O)CCCC(C)C2)CC1. The molecule has 4 unspecified atom stereocenters. The third kappa shape index (κ3) is 4.75. The first kappa shape index (κ1) is 15.3. The molecule has 2 aliphatic carbocycles. The monoisotopic (exact) mass is 267 g/mol. The highest BCUT2D eigenvalue weighted by Crippen LogP contribution is 2.32. The van der Waals surface area contributed by atoms with Gasteiger partial charge < -0.3 is 10.4 Å². The van der Waals surface area contributed by atoms with Gasteiger partial charge in [-0.15, -0.1) is 0 Å². The second-order valence-corrected chi connectivity index (χ2v) is 7.29. The van der Waals surface area contributed by atoms with E-state index in [0.717, 1.165) is 25.3 Å². The van der Waals surface area contributed by atoms with E-state index in [9.17, 15) is 5.11 Å². The highest BCUT2D eigenvalue weighted by atomic mass is 16.3. The zero-order valence-electron chi connectivity index (χ0n) is 13.0. The standard InChI is InChI=1S/C17H33NO/c1-3-15-7-4-8-16(10-9-15)18-13-17(19)11-5-6-14(2)12-17/h14-16,18-19H,3-13H2,1-2H3. The Morgan fingerprint density at radius 2 is 1.95 bits per heavy atom. The highest BCUT2D eigenvalue weighted by molar-refractivity contribution is 4.88. The van der Waals surface area contributed by atoms with Gasteiger partial charge in [-0.25, -0.2) is 0 Å². The number of hydrogen-bond acceptors (Lipinski definition) is 2. The predicted molar refractivity (Wildman–Crippen MR) is 81.2 cm³/mol. The summed E-state index contributed by atoms with van der Waals surface area (Å²) in [5.41, 5.74) is -0.422. The second kappa shape index (κ2) is 7.08. The van der Waals surface area contributed by atoms with Crippen molar-refractivity contribution < 1.29 is 5.11 Å². The molecule has 0 heterocycles. The summed E-state index contributed by atoms with van der Waals surface area (Å²) >= 11 is 0. The molecule has 2 aliphatic rings. The molecule has 0 aromatic heterocycles. The van der Waals surface area contributed by atoms with Crippen LogP contribution in [0.3, 0.4) is 0 Å². The largest absolute Gasteiger partial charge is 0.389 e. The molecule has 0 spiro atoms. The lowest BCUT2D eigenvalue weighted by Gasteiger charge is -2.37. The summed E-state index contributed by atoms with van der Waals surface area (Å²) in [5.74, 6) is 1.64. The van der Waals surface area contributed by atoms with E-state index in [1.165, 1.54) is 51.4 Å². The van der Waals surface area contributed by atoms with E-state index in [2.05, 4.69) is 19.2 Å². The number of hydrogen-bond donors (Lipinski definition) is 2. The zero-order chi connectivity index (χ0) is 13.7. The van der Waals surface area contributed by atoms with Crippen LogP contribution in [0, 0.1) is 11.8 Å². The van der Waals surface area contributed by atoms with E-state index < -0.39 is 5.60 Å². The molecule has 0 aliphatic heterocycles. The third-order valence-corrected chi connectivity index (χ3v) is 5.45. The van der Waals surface area contributed by atoms with Crippen LogP contribution in [-0.2, 0) is 0 Å². The van der Waals surface area contributed by atoms with Crippen LogP contribution in [-0.4, -0.2) is 23.3 Å². The van der Waals surface area contributed by atoms with Gasteiger partial charge in [0.15, 0.2) is 0 Å². The van der Waals surface area contributed by atoms with Crippen molar-refractivity contribution in [3.63, 3.8) is 0 Å². The number of nitrogens with one attached hydrogen (secondary N) is 1. The minimum atomic E-state index is -0.422. The van der Waals surface area contributed by atoms with E-state index >= 15 is 0 Å². The van der Waals surface area contributed by atoms with Crippen LogP contribution in [0.1, 0.15) is 78.1 Å². The Hall–Kier alpha value is -0.0800. The lowest BCUT2D eigenvalue weighted by Crippen LogP contribution is -2.47. The van der Waals surface area contributed by atoms with E-state index in [-0.39, 0.29) is 0 Å². The van der Waals surface area contributed by atoms with Crippen LogP contribution < -0.4 is 5.32 Å². The Morgan fingerprint density at radius 3 is 2.68 bits per heavy atom. The van der Waals surface area contributed by atoms with Crippen LogP contribution >= 0.6 is 0 Å². The molecule has 0 saturated heterocycles. The molecule has 0 aromatic rings. The predicted octanol–water partition coefficient (Wildman–Crippen LogP) is 3.88. The van der Waals surface area contributed by atoms with Gasteiger partial charge in [0.05, 0.1) is 5.60 Å². The first-order valence-corrected chi connectivity index (χ1v) is 8.57. The molecule has 2 fully saturated rings. The molecule has 2 saturated carbocycles. The zero-order valence-corrected chi connectivity index (χ0v) is 13.0. The first-order valence-electron chi connectivity index (χ1n) is 8.57. The van der Waals surface area contributed by atoms with Crippen LogP contribution in [0.5, 0.6) is 0 Å². The van der Waals surface area contributed by atoms with Crippen molar-refractivity contribution in [3.8, 4) is 0 Å². The molecule has 2 rings (SSSR count). The molecule has 2 nitrogen and oxygen atoms in total. The van der Waals surface area contributed by atoms with Gasteiger partial charge in [0.2, 0.25) is 0 Å². The fourth-order valence-electron chi connectivity index (χ4n) is 4.12. The molecule has 19 heavy (non-hydrogen) atoms. The molecule has 0 amide bonds. The molecule has 4 atom stereocenters. The second-order valence-electron chi connectivity index (χ2n) is 7.29. The van der Waals surface area contributed by atoms with Gasteiger partial charge in [-0.2, -0.15) is 0 Å². The van der Waals surface area contributed by atoms with Crippen LogP contribution in [0.2, 0.25) is 0 Å². The summed E-state index contributed by atoms with van der Waals surface area (Å²) in [4.78, 5) is 0. The number of aliphatic hydroxyl groups is 1. The number of rotatable bonds is 4. The smallest absolute Gasteiger partial charge is 0.0774 e.